The van der Waals surface area contributed by atoms with E-state index >= 15 is 0 Å². The summed E-state index contributed by atoms with van der Waals surface area (Å²) in [5.74, 6) is -1.28. The number of benzene rings is 1. The third-order valence-electron chi connectivity index (χ3n) is 2.80. The third kappa shape index (κ3) is 2.93. The van der Waals surface area contributed by atoms with Gasteiger partial charge < -0.3 is 9.84 Å². The molecular formula is C15H14FNO3. The van der Waals surface area contributed by atoms with Gasteiger partial charge in [0.15, 0.2) is 0 Å². The van der Waals surface area contributed by atoms with Crippen LogP contribution in [0.4, 0.5) is 4.39 Å². The molecule has 1 N–H and O–H groups in total. The first-order valence-electron chi connectivity index (χ1n) is 6.18. The van der Waals surface area contributed by atoms with Crippen molar-refractivity contribution in [1.29, 1.82) is 0 Å². The Morgan fingerprint density at radius 3 is 2.65 bits per heavy atom. The van der Waals surface area contributed by atoms with Gasteiger partial charge in [0.25, 0.3) is 0 Å². The number of rotatable bonds is 4. The highest BCUT2D eigenvalue weighted by atomic mass is 19.1. The zero-order valence-electron chi connectivity index (χ0n) is 11.2. The van der Waals surface area contributed by atoms with Crippen LogP contribution in [-0.4, -0.2) is 16.1 Å². The quantitative estimate of drug-likeness (QED) is 0.926. The number of carboxylic acid groups (broad SMARTS) is 1. The van der Waals surface area contributed by atoms with Crippen LogP contribution in [0.1, 0.15) is 28.7 Å². The monoisotopic (exact) mass is 275 g/mol. The topological polar surface area (TPSA) is 59.4 Å². The second-order valence-corrected chi connectivity index (χ2v) is 4.30. The molecule has 104 valence electrons. The van der Waals surface area contributed by atoms with Crippen LogP contribution in [0, 0.1) is 12.7 Å². The Bertz CT molecular complexity index is 656. The molecule has 1 aromatic heterocycles. The Morgan fingerprint density at radius 1 is 1.30 bits per heavy atom. The molecule has 0 saturated carbocycles. The molecular weight excluding hydrogens is 261 g/mol. The highest BCUT2D eigenvalue weighted by Gasteiger charge is 2.15. The predicted molar refractivity (Wildman–Crippen MR) is 71.8 cm³/mol. The molecule has 1 aromatic carbocycles. The molecule has 0 atom stereocenters. The molecule has 1 heterocycles. The van der Waals surface area contributed by atoms with E-state index in [2.05, 4.69) is 4.98 Å². The first kappa shape index (κ1) is 14.0. The summed E-state index contributed by atoms with van der Waals surface area (Å²) < 4.78 is 18.7. The normalized spacial score (nSPS) is 10.3. The van der Waals surface area contributed by atoms with Crippen LogP contribution in [0.2, 0.25) is 0 Å². The summed E-state index contributed by atoms with van der Waals surface area (Å²) in [7, 11) is 0. The van der Waals surface area contributed by atoms with E-state index in [1.807, 2.05) is 13.8 Å². The van der Waals surface area contributed by atoms with Gasteiger partial charge in [-0.2, -0.15) is 0 Å². The number of carbonyl (C=O) groups is 1. The summed E-state index contributed by atoms with van der Waals surface area (Å²) in [4.78, 5) is 15.4. The number of aryl methyl sites for hydroxylation is 2. The molecule has 0 bridgehead atoms. The van der Waals surface area contributed by atoms with Gasteiger partial charge in [-0.05, 0) is 43.7 Å². The summed E-state index contributed by atoms with van der Waals surface area (Å²) in [6.45, 7) is 3.79. The maximum Gasteiger partial charge on any atom is 0.339 e. The fraction of sp³-hybridized carbons (Fsp3) is 0.200. The van der Waals surface area contributed by atoms with Crippen LogP contribution >= 0.6 is 0 Å². The van der Waals surface area contributed by atoms with Crippen LogP contribution < -0.4 is 4.74 Å². The second kappa shape index (κ2) is 5.69. The molecule has 5 heteroatoms. The van der Waals surface area contributed by atoms with Crippen molar-refractivity contribution < 1.29 is 19.0 Å². The summed E-state index contributed by atoms with van der Waals surface area (Å²) >= 11 is 0. The zero-order chi connectivity index (χ0) is 14.7. The van der Waals surface area contributed by atoms with E-state index in [1.165, 1.54) is 6.07 Å². The third-order valence-corrected chi connectivity index (χ3v) is 2.80. The van der Waals surface area contributed by atoms with Crippen molar-refractivity contribution in [2.75, 3.05) is 0 Å². The molecule has 2 aromatic rings. The molecule has 0 saturated heterocycles. The largest absolute Gasteiger partial charge is 0.478 e. The number of pyridine rings is 1. The molecule has 0 fully saturated rings. The van der Waals surface area contributed by atoms with Gasteiger partial charge in [-0.15, -0.1) is 0 Å². The van der Waals surface area contributed by atoms with Crippen molar-refractivity contribution in [1.82, 2.24) is 4.98 Å². The molecule has 0 spiro atoms. The fourth-order valence-corrected chi connectivity index (χ4v) is 1.82. The Kier molecular flexibility index (Phi) is 3.98. The minimum absolute atomic E-state index is 0.0965. The molecule has 2 rings (SSSR count). The van der Waals surface area contributed by atoms with Gasteiger partial charge in [-0.3, -0.25) is 4.98 Å². The van der Waals surface area contributed by atoms with Crippen LogP contribution in [0.5, 0.6) is 11.5 Å². The Balaban J connectivity index is 2.42. The van der Waals surface area contributed by atoms with Gasteiger partial charge in [-0.1, -0.05) is 6.92 Å². The molecule has 4 nitrogen and oxygen atoms in total. The maximum atomic E-state index is 13.1. The van der Waals surface area contributed by atoms with Gasteiger partial charge in [0, 0.05) is 5.69 Å². The number of aromatic carboxylic acids is 1. The van der Waals surface area contributed by atoms with Crippen LogP contribution in [0.15, 0.2) is 30.3 Å². The Morgan fingerprint density at radius 2 is 2.00 bits per heavy atom. The molecule has 0 radical (unpaired) electrons. The van der Waals surface area contributed by atoms with E-state index < -0.39 is 11.8 Å². The van der Waals surface area contributed by atoms with E-state index in [4.69, 9.17) is 9.84 Å². The lowest BCUT2D eigenvalue weighted by atomic mass is 10.2. The average molecular weight is 275 g/mol. The summed E-state index contributed by atoms with van der Waals surface area (Å²) in [5.41, 5.74) is 1.37. The van der Waals surface area contributed by atoms with Crippen LogP contribution in [0.3, 0.4) is 0 Å². The molecule has 0 aliphatic heterocycles. The highest BCUT2D eigenvalue weighted by molar-refractivity contribution is 5.91. The average Bonchev–Trinajstić information content (AvgIpc) is 2.42. The fourth-order valence-electron chi connectivity index (χ4n) is 1.82. The van der Waals surface area contributed by atoms with Gasteiger partial charge in [0.05, 0.1) is 5.69 Å². The first-order chi connectivity index (χ1) is 9.51. The maximum absolute atomic E-state index is 13.1. The number of halogens is 1. The summed E-state index contributed by atoms with van der Waals surface area (Å²) in [6.07, 6.45) is 0.653. The van der Waals surface area contributed by atoms with Crippen molar-refractivity contribution >= 4 is 5.97 Å². The number of hydrogen-bond acceptors (Lipinski definition) is 3. The minimum atomic E-state index is -1.24. The number of carboxylic acids is 1. The van der Waals surface area contributed by atoms with E-state index in [1.54, 1.807) is 12.1 Å². The van der Waals surface area contributed by atoms with Gasteiger partial charge in [0.1, 0.15) is 22.9 Å². The minimum Gasteiger partial charge on any atom is -0.478 e. The van der Waals surface area contributed by atoms with Crippen LogP contribution in [-0.2, 0) is 6.42 Å². The second-order valence-electron chi connectivity index (χ2n) is 4.30. The Hall–Kier alpha value is -2.43. The molecule has 0 amide bonds. The zero-order valence-corrected chi connectivity index (χ0v) is 11.2. The van der Waals surface area contributed by atoms with Crippen LogP contribution in [0.25, 0.3) is 0 Å². The highest BCUT2D eigenvalue weighted by Crippen LogP contribution is 2.28. The standard InChI is InChI=1S/C15H14FNO3/c1-3-12-14(6-4-9(2)17-12)20-13-7-5-10(16)8-11(13)15(18)19/h4-8H,3H2,1-2H3,(H,18,19). The van der Waals surface area contributed by atoms with E-state index in [9.17, 15) is 9.18 Å². The summed E-state index contributed by atoms with van der Waals surface area (Å²) in [5, 5.41) is 9.08. The smallest absolute Gasteiger partial charge is 0.339 e. The van der Waals surface area contributed by atoms with Gasteiger partial charge in [-0.25, -0.2) is 9.18 Å². The Labute approximate surface area is 115 Å². The molecule has 0 aliphatic rings. The van der Waals surface area contributed by atoms with E-state index in [-0.39, 0.29) is 11.3 Å². The first-order valence-corrected chi connectivity index (χ1v) is 6.18. The van der Waals surface area contributed by atoms with E-state index in [0.717, 1.165) is 23.5 Å². The van der Waals surface area contributed by atoms with Crippen molar-refractivity contribution in [3.8, 4) is 11.5 Å². The summed E-state index contributed by atoms with van der Waals surface area (Å²) in [6, 6.07) is 6.91. The predicted octanol–water partition coefficient (Wildman–Crippen LogP) is 3.58. The lowest BCUT2D eigenvalue weighted by molar-refractivity contribution is 0.0693. The molecule has 0 unspecified atom stereocenters. The lowest BCUT2D eigenvalue weighted by Gasteiger charge is -2.12. The lowest BCUT2D eigenvalue weighted by Crippen LogP contribution is -2.02. The number of aromatic nitrogens is 1. The SMILES string of the molecule is CCc1nc(C)ccc1Oc1ccc(F)cc1C(=O)O. The van der Waals surface area contributed by atoms with Crippen molar-refractivity contribution in [2.24, 2.45) is 0 Å². The van der Waals surface area contributed by atoms with Gasteiger partial charge in [0.2, 0.25) is 0 Å². The van der Waals surface area contributed by atoms with Crippen molar-refractivity contribution in [3.05, 3.63) is 53.1 Å². The van der Waals surface area contributed by atoms with Gasteiger partial charge >= 0.3 is 5.97 Å². The molecule has 0 aliphatic carbocycles. The van der Waals surface area contributed by atoms with Crippen molar-refractivity contribution in [2.45, 2.75) is 20.3 Å². The molecule has 20 heavy (non-hydrogen) atoms. The van der Waals surface area contributed by atoms with E-state index in [0.29, 0.717) is 12.2 Å². The number of hydrogen-bond donors (Lipinski definition) is 1. The van der Waals surface area contributed by atoms with Crippen molar-refractivity contribution in [3.63, 3.8) is 0 Å². The number of ether oxygens (including phenoxy) is 1. The number of nitrogens with zero attached hydrogens (tertiary/aromatic N) is 1.